The minimum Gasteiger partial charge on any atom is -0.322 e. The molecule has 3 heteroatoms. The van der Waals surface area contributed by atoms with Crippen LogP contribution in [0.1, 0.15) is 42.3 Å². The van der Waals surface area contributed by atoms with Gasteiger partial charge in [0.05, 0.1) is 0 Å². The number of nitrogens with one attached hydrogen (secondary N) is 1. The number of anilines is 1. The number of hydrogen-bond donors (Lipinski definition) is 1. The molecule has 110 valence electrons. The standard InChI is InChI=1S/C18H20ClNO/c1-18(2,3)16-10-5-4-9-15(16)17(21)20-14-8-6-7-13(11-14)12-19/h4-11H,12H2,1-3H3,(H,20,21). The molecule has 0 heterocycles. The highest BCUT2D eigenvalue weighted by atomic mass is 35.5. The van der Waals surface area contributed by atoms with Crippen LogP contribution < -0.4 is 5.32 Å². The molecule has 0 unspecified atom stereocenters. The van der Waals surface area contributed by atoms with Crippen molar-refractivity contribution >= 4 is 23.2 Å². The van der Waals surface area contributed by atoms with Crippen LogP contribution in [0.15, 0.2) is 48.5 Å². The molecule has 2 aromatic carbocycles. The zero-order valence-electron chi connectivity index (χ0n) is 12.6. The summed E-state index contributed by atoms with van der Waals surface area (Å²) in [6.07, 6.45) is 0. The Kier molecular flexibility index (Phi) is 4.69. The van der Waals surface area contributed by atoms with Gasteiger partial charge in [0.1, 0.15) is 0 Å². The third-order valence-corrected chi connectivity index (χ3v) is 3.63. The van der Waals surface area contributed by atoms with Gasteiger partial charge in [0.25, 0.3) is 5.91 Å². The molecule has 2 aromatic rings. The lowest BCUT2D eigenvalue weighted by Crippen LogP contribution is -2.20. The van der Waals surface area contributed by atoms with Crippen molar-refractivity contribution < 1.29 is 4.79 Å². The predicted molar refractivity (Wildman–Crippen MR) is 89.1 cm³/mol. The van der Waals surface area contributed by atoms with Crippen molar-refractivity contribution in [3.8, 4) is 0 Å². The first-order chi connectivity index (χ1) is 9.91. The van der Waals surface area contributed by atoms with Gasteiger partial charge < -0.3 is 5.32 Å². The van der Waals surface area contributed by atoms with Crippen molar-refractivity contribution in [3.05, 3.63) is 65.2 Å². The van der Waals surface area contributed by atoms with Gasteiger partial charge in [0.15, 0.2) is 0 Å². The SMILES string of the molecule is CC(C)(C)c1ccccc1C(=O)Nc1cccc(CCl)c1. The Morgan fingerprint density at radius 2 is 1.81 bits per heavy atom. The third kappa shape index (κ3) is 3.85. The second-order valence-electron chi connectivity index (χ2n) is 6.08. The molecular weight excluding hydrogens is 282 g/mol. The molecular formula is C18H20ClNO. The lowest BCUT2D eigenvalue weighted by molar-refractivity contribution is 0.102. The summed E-state index contributed by atoms with van der Waals surface area (Å²) in [5.74, 6) is 0.342. The molecule has 21 heavy (non-hydrogen) atoms. The minimum atomic E-state index is -0.0905. The van der Waals surface area contributed by atoms with E-state index in [1.807, 2.05) is 48.5 Å². The number of carbonyl (C=O) groups is 1. The van der Waals surface area contributed by atoms with Crippen LogP contribution in [0.3, 0.4) is 0 Å². The van der Waals surface area contributed by atoms with Gasteiger partial charge in [-0.05, 0) is 34.7 Å². The molecule has 2 nitrogen and oxygen atoms in total. The number of amides is 1. The maximum absolute atomic E-state index is 12.5. The zero-order valence-corrected chi connectivity index (χ0v) is 13.4. The zero-order chi connectivity index (χ0) is 15.5. The number of hydrogen-bond acceptors (Lipinski definition) is 1. The van der Waals surface area contributed by atoms with Crippen LogP contribution in [-0.2, 0) is 11.3 Å². The first-order valence-corrected chi connectivity index (χ1v) is 7.51. The number of carbonyl (C=O) groups excluding carboxylic acids is 1. The number of rotatable bonds is 3. The summed E-state index contributed by atoms with van der Waals surface area (Å²) in [5, 5.41) is 2.95. The summed E-state index contributed by atoms with van der Waals surface area (Å²) < 4.78 is 0. The molecule has 0 fully saturated rings. The van der Waals surface area contributed by atoms with Gasteiger partial charge in [0, 0.05) is 17.1 Å². The van der Waals surface area contributed by atoms with E-state index in [1.165, 1.54) is 0 Å². The molecule has 0 aliphatic heterocycles. The molecule has 0 aromatic heterocycles. The molecule has 0 aliphatic rings. The monoisotopic (exact) mass is 301 g/mol. The molecule has 0 bridgehead atoms. The third-order valence-electron chi connectivity index (χ3n) is 3.32. The lowest BCUT2D eigenvalue weighted by atomic mass is 9.83. The highest BCUT2D eigenvalue weighted by Crippen LogP contribution is 2.26. The Balaban J connectivity index is 2.29. The average molecular weight is 302 g/mol. The van der Waals surface area contributed by atoms with Crippen LogP contribution in [0.25, 0.3) is 0 Å². The van der Waals surface area contributed by atoms with E-state index in [0.717, 1.165) is 16.8 Å². The molecule has 0 spiro atoms. The fourth-order valence-corrected chi connectivity index (χ4v) is 2.43. The highest BCUT2D eigenvalue weighted by Gasteiger charge is 2.21. The molecule has 2 rings (SSSR count). The fourth-order valence-electron chi connectivity index (χ4n) is 2.27. The van der Waals surface area contributed by atoms with Crippen LogP contribution in [0.2, 0.25) is 0 Å². The van der Waals surface area contributed by atoms with Gasteiger partial charge in [-0.1, -0.05) is 51.1 Å². The predicted octanol–water partition coefficient (Wildman–Crippen LogP) is 4.98. The van der Waals surface area contributed by atoms with Gasteiger partial charge in [-0.2, -0.15) is 0 Å². The Morgan fingerprint density at radius 1 is 1.10 bits per heavy atom. The van der Waals surface area contributed by atoms with Crippen LogP contribution in [0, 0.1) is 0 Å². The normalized spacial score (nSPS) is 11.2. The Hall–Kier alpha value is -1.80. The van der Waals surface area contributed by atoms with E-state index in [0.29, 0.717) is 11.4 Å². The van der Waals surface area contributed by atoms with Crippen LogP contribution >= 0.6 is 11.6 Å². The summed E-state index contributed by atoms with van der Waals surface area (Å²) in [7, 11) is 0. The summed E-state index contributed by atoms with van der Waals surface area (Å²) >= 11 is 5.82. The average Bonchev–Trinajstić information content (AvgIpc) is 2.46. The van der Waals surface area contributed by atoms with Gasteiger partial charge in [-0.15, -0.1) is 11.6 Å². The van der Waals surface area contributed by atoms with Gasteiger partial charge >= 0.3 is 0 Å². The second-order valence-corrected chi connectivity index (χ2v) is 6.35. The maximum Gasteiger partial charge on any atom is 0.255 e. The topological polar surface area (TPSA) is 29.1 Å². The first kappa shape index (κ1) is 15.6. The molecule has 0 atom stereocenters. The number of halogens is 1. The van der Waals surface area contributed by atoms with Crippen molar-refractivity contribution in [1.29, 1.82) is 0 Å². The Morgan fingerprint density at radius 3 is 2.48 bits per heavy atom. The van der Waals surface area contributed by atoms with Crippen molar-refractivity contribution in [1.82, 2.24) is 0 Å². The van der Waals surface area contributed by atoms with E-state index < -0.39 is 0 Å². The molecule has 0 aliphatic carbocycles. The van der Waals surface area contributed by atoms with Crippen molar-refractivity contribution in [2.45, 2.75) is 32.1 Å². The van der Waals surface area contributed by atoms with Crippen LogP contribution in [0.4, 0.5) is 5.69 Å². The molecule has 0 saturated heterocycles. The Labute approximate surface area is 131 Å². The maximum atomic E-state index is 12.5. The quantitative estimate of drug-likeness (QED) is 0.796. The van der Waals surface area contributed by atoms with Crippen LogP contribution in [0.5, 0.6) is 0 Å². The molecule has 0 saturated carbocycles. The second kappa shape index (κ2) is 6.31. The molecule has 0 radical (unpaired) electrons. The van der Waals surface area contributed by atoms with E-state index in [2.05, 4.69) is 26.1 Å². The minimum absolute atomic E-state index is 0.0775. The van der Waals surface area contributed by atoms with Crippen molar-refractivity contribution in [2.24, 2.45) is 0 Å². The first-order valence-electron chi connectivity index (χ1n) is 6.97. The largest absolute Gasteiger partial charge is 0.322 e. The lowest BCUT2D eigenvalue weighted by Gasteiger charge is -2.22. The van der Waals surface area contributed by atoms with Gasteiger partial charge in [0.2, 0.25) is 0 Å². The van der Waals surface area contributed by atoms with E-state index >= 15 is 0 Å². The summed E-state index contributed by atoms with van der Waals surface area (Å²) in [4.78, 5) is 12.5. The van der Waals surface area contributed by atoms with E-state index in [9.17, 15) is 4.79 Å². The Bertz CT molecular complexity index is 644. The van der Waals surface area contributed by atoms with Crippen molar-refractivity contribution in [2.75, 3.05) is 5.32 Å². The van der Waals surface area contributed by atoms with Gasteiger partial charge in [-0.25, -0.2) is 0 Å². The smallest absolute Gasteiger partial charge is 0.255 e. The highest BCUT2D eigenvalue weighted by molar-refractivity contribution is 6.17. The summed E-state index contributed by atoms with van der Waals surface area (Å²) in [6, 6.07) is 15.3. The van der Waals surface area contributed by atoms with Crippen molar-refractivity contribution in [3.63, 3.8) is 0 Å². The van der Waals surface area contributed by atoms with E-state index in [-0.39, 0.29) is 11.3 Å². The van der Waals surface area contributed by atoms with E-state index in [4.69, 9.17) is 11.6 Å². The number of alkyl halides is 1. The van der Waals surface area contributed by atoms with Gasteiger partial charge in [-0.3, -0.25) is 4.79 Å². The number of benzene rings is 2. The van der Waals surface area contributed by atoms with Crippen LogP contribution in [-0.4, -0.2) is 5.91 Å². The molecule has 1 N–H and O–H groups in total. The molecule has 1 amide bonds. The van der Waals surface area contributed by atoms with E-state index in [1.54, 1.807) is 0 Å². The summed E-state index contributed by atoms with van der Waals surface area (Å²) in [6.45, 7) is 6.31. The fraction of sp³-hybridized carbons (Fsp3) is 0.278. The summed E-state index contributed by atoms with van der Waals surface area (Å²) in [5.41, 5.74) is 3.42.